The minimum Gasteiger partial charge on any atom is -0.493 e. The monoisotopic (exact) mass is 263 g/mol. The third-order valence-corrected chi connectivity index (χ3v) is 4.04. The van der Waals surface area contributed by atoms with Crippen molar-refractivity contribution >= 4 is 5.91 Å². The fourth-order valence-electron chi connectivity index (χ4n) is 2.66. The first kappa shape index (κ1) is 13.7. The number of hydrogen-bond acceptors (Lipinski definition) is 3. The lowest BCUT2D eigenvalue weighted by Crippen LogP contribution is -2.33. The number of carbonyl (C=O) groups is 1. The molecular weight excluding hydrogens is 242 g/mol. The molecule has 1 aromatic carbocycles. The Kier molecular flexibility index (Phi) is 3.69. The van der Waals surface area contributed by atoms with Crippen LogP contribution in [0.1, 0.15) is 25.8 Å². The molecule has 2 atom stereocenters. The van der Waals surface area contributed by atoms with Crippen molar-refractivity contribution in [3.8, 4) is 11.5 Å². The van der Waals surface area contributed by atoms with Gasteiger partial charge in [0.15, 0.2) is 11.5 Å². The van der Waals surface area contributed by atoms with Crippen molar-refractivity contribution in [3.05, 3.63) is 23.8 Å². The fraction of sp³-hybridized carbons (Fsp3) is 0.533. The van der Waals surface area contributed by atoms with Gasteiger partial charge in [-0.3, -0.25) is 4.79 Å². The molecule has 1 heterocycles. The van der Waals surface area contributed by atoms with E-state index in [2.05, 4.69) is 19.2 Å². The van der Waals surface area contributed by atoms with Gasteiger partial charge in [0, 0.05) is 17.9 Å². The summed E-state index contributed by atoms with van der Waals surface area (Å²) < 4.78 is 10.5. The van der Waals surface area contributed by atoms with Gasteiger partial charge in [0.25, 0.3) is 0 Å². The molecule has 19 heavy (non-hydrogen) atoms. The lowest BCUT2D eigenvalue weighted by atomic mass is 9.78. The largest absolute Gasteiger partial charge is 0.493 e. The summed E-state index contributed by atoms with van der Waals surface area (Å²) in [4.78, 5) is 11.5. The topological polar surface area (TPSA) is 47.6 Å². The summed E-state index contributed by atoms with van der Waals surface area (Å²) in [7, 11) is 3.26. The predicted molar refractivity (Wildman–Crippen MR) is 73.6 cm³/mol. The van der Waals surface area contributed by atoms with E-state index in [0.717, 1.165) is 23.5 Å². The summed E-state index contributed by atoms with van der Waals surface area (Å²) in [6, 6.07) is 6.11. The number of nitrogens with one attached hydrogen (secondary N) is 1. The minimum absolute atomic E-state index is 0.0450. The lowest BCUT2D eigenvalue weighted by Gasteiger charge is -2.27. The Balaban J connectivity index is 2.22. The zero-order valence-electron chi connectivity index (χ0n) is 11.9. The molecule has 2 rings (SSSR count). The van der Waals surface area contributed by atoms with Crippen molar-refractivity contribution in [1.29, 1.82) is 0 Å². The fourth-order valence-corrected chi connectivity index (χ4v) is 2.66. The molecule has 104 valence electrons. The van der Waals surface area contributed by atoms with Gasteiger partial charge in [0.2, 0.25) is 5.91 Å². The summed E-state index contributed by atoms with van der Waals surface area (Å²) in [5, 5.41) is 2.98. The van der Waals surface area contributed by atoms with Crippen LogP contribution < -0.4 is 14.8 Å². The van der Waals surface area contributed by atoms with Crippen molar-refractivity contribution < 1.29 is 14.3 Å². The van der Waals surface area contributed by atoms with Crippen molar-refractivity contribution in [1.82, 2.24) is 5.32 Å². The van der Waals surface area contributed by atoms with E-state index in [-0.39, 0.29) is 17.4 Å². The highest BCUT2D eigenvalue weighted by Gasteiger charge is 2.40. The number of ether oxygens (including phenoxy) is 2. The maximum Gasteiger partial charge on any atom is 0.220 e. The second-order valence-corrected chi connectivity index (χ2v) is 5.49. The van der Waals surface area contributed by atoms with Gasteiger partial charge < -0.3 is 14.8 Å². The van der Waals surface area contributed by atoms with Crippen LogP contribution in [0.4, 0.5) is 0 Å². The standard InChI is InChI=1S/C15H21NO3/c1-10-15(2,9-14(17)16-10)8-11-5-6-12(18-3)13(7-11)19-4/h5-7,10H,8-9H2,1-4H3,(H,16,17). The zero-order chi connectivity index (χ0) is 14.0. The van der Waals surface area contributed by atoms with Crippen LogP contribution in [-0.4, -0.2) is 26.2 Å². The van der Waals surface area contributed by atoms with Gasteiger partial charge in [0.1, 0.15) is 0 Å². The SMILES string of the molecule is COc1ccc(CC2(C)CC(=O)NC2C)cc1OC. The first-order chi connectivity index (χ1) is 8.98. The Labute approximate surface area is 114 Å². The Morgan fingerprint density at radius 1 is 1.32 bits per heavy atom. The summed E-state index contributed by atoms with van der Waals surface area (Å²) in [6.07, 6.45) is 1.41. The number of hydrogen-bond donors (Lipinski definition) is 1. The zero-order valence-corrected chi connectivity index (χ0v) is 11.9. The average molecular weight is 263 g/mol. The molecule has 1 aliphatic rings. The highest BCUT2D eigenvalue weighted by Crippen LogP contribution is 2.37. The van der Waals surface area contributed by atoms with Gasteiger partial charge in [0.05, 0.1) is 14.2 Å². The highest BCUT2D eigenvalue weighted by molar-refractivity contribution is 5.79. The molecule has 1 N–H and O–H groups in total. The third-order valence-electron chi connectivity index (χ3n) is 4.04. The first-order valence-electron chi connectivity index (χ1n) is 6.49. The van der Waals surface area contributed by atoms with E-state index in [0.29, 0.717) is 6.42 Å². The van der Waals surface area contributed by atoms with E-state index >= 15 is 0 Å². The van der Waals surface area contributed by atoms with Gasteiger partial charge in [-0.2, -0.15) is 0 Å². The molecule has 1 amide bonds. The van der Waals surface area contributed by atoms with E-state index in [9.17, 15) is 4.79 Å². The van der Waals surface area contributed by atoms with Crippen LogP contribution in [0.5, 0.6) is 11.5 Å². The second kappa shape index (κ2) is 5.11. The molecular formula is C15H21NO3. The van der Waals surface area contributed by atoms with Crippen LogP contribution in [0, 0.1) is 5.41 Å². The van der Waals surface area contributed by atoms with Crippen LogP contribution in [0.25, 0.3) is 0 Å². The molecule has 0 radical (unpaired) electrons. The lowest BCUT2D eigenvalue weighted by molar-refractivity contribution is -0.119. The molecule has 4 nitrogen and oxygen atoms in total. The smallest absolute Gasteiger partial charge is 0.220 e. The number of carbonyl (C=O) groups excluding carboxylic acids is 1. The quantitative estimate of drug-likeness (QED) is 0.905. The normalized spacial score (nSPS) is 26.1. The molecule has 2 unspecified atom stereocenters. The van der Waals surface area contributed by atoms with Gasteiger partial charge >= 0.3 is 0 Å². The van der Waals surface area contributed by atoms with E-state index in [1.165, 1.54) is 0 Å². The maximum absolute atomic E-state index is 11.5. The van der Waals surface area contributed by atoms with Crippen LogP contribution >= 0.6 is 0 Å². The molecule has 0 aliphatic carbocycles. The Hall–Kier alpha value is -1.71. The Bertz CT molecular complexity index is 486. The summed E-state index contributed by atoms with van der Waals surface area (Å²) in [5.74, 6) is 1.59. The van der Waals surface area contributed by atoms with Crippen molar-refractivity contribution in [2.75, 3.05) is 14.2 Å². The molecule has 0 saturated carbocycles. The van der Waals surface area contributed by atoms with E-state index < -0.39 is 0 Å². The van der Waals surface area contributed by atoms with Gasteiger partial charge in [-0.05, 0) is 31.0 Å². The van der Waals surface area contributed by atoms with Crippen molar-refractivity contribution in [2.24, 2.45) is 5.41 Å². The molecule has 1 saturated heterocycles. The molecule has 4 heteroatoms. The molecule has 1 fully saturated rings. The summed E-state index contributed by atoms with van der Waals surface area (Å²) in [5.41, 5.74) is 1.11. The summed E-state index contributed by atoms with van der Waals surface area (Å²) in [6.45, 7) is 4.21. The minimum atomic E-state index is -0.0450. The molecule has 1 aliphatic heterocycles. The highest BCUT2D eigenvalue weighted by atomic mass is 16.5. The maximum atomic E-state index is 11.5. The van der Waals surface area contributed by atoms with Crippen molar-refractivity contribution in [2.45, 2.75) is 32.7 Å². The molecule has 0 spiro atoms. The van der Waals surface area contributed by atoms with Crippen LogP contribution in [0.3, 0.4) is 0 Å². The van der Waals surface area contributed by atoms with Crippen LogP contribution in [-0.2, 0) is 11.2 Å². The van der Waals surface area contributed by atoms with Gasteiger partial charge in [-0.15, -0.1) is 0 Å². The number of rotatable bonds is 4. The number of benzene rings is 1. The van der Waals surface area contributed by atoms with Gasteiger partial charge in [-0.25, -0.2) is 0 Å². The van der Waals surface area contributed by atoms with E-state index in [1.54, 1.807) is 14.2 Å². The van der Waals surface area contributed by atoms with Crippen LogP contribution in [0.15, 0.2) is 18.2 Å². The summed E-state index contributed by atoms with van der Waals surface area (Å²) >= 11 is 0. The average Bonchev–Trinajstić information content (AvgIpc) is 2.62. The molecule has 0 aromatic heterocycles. The number of amides is 1. The Morgan fingerprint density at radius 3 is 2.53 bits per heavy atom. The number of methoxy groups -OCH3 is 2. The Morgan fingerprint density at radius 2 is 2.00 bits per heavy atom. The van der Waals surface area contributed by atoms with Crippen molar-refractivity contribution in [3.63, 3.8) is 0 Å². The molecule has 0 bridgehead atoms. The van der Waals surface area contributed by atoms with Crippen LogP contribution in [0.2, 0.25) is 0 Å². The predicted octanol–water partition coefficient (Wildman–Crippen LogP) is 2.16. The second-order valence-electron chi connectivity index (χ2n) is 5.49. The van der Waals surface area contributed by atoms with E-state index in [1.807, 2.05) is 18.2 Å². The van der Waals surface area contributed by atoms with E-state index in [4.69, 9.17) is 9.47 Å². The third kappa shape index (κ3) is 2.67. The van der Waals surface area contributed by atoms with Gasteiger partial charge in [-0.1, -0.05) is 13.0 Å². The first-order valence-corrected chi connectivity index (χ1v) is 6.49. The molecule has 1 aromatic rings.